The van der Waals surface area contributed by atoms with Gasteiger partial charge in [-0.2, -0.15) is 0 Å². The quantitative estimate of drug-likeness (QED) is 0.416. The lowest BCUT2D eigenvalue weighted by molar-refractivity contribution is -0.131. The normalized spacial score (nSPS) is 22.0. The number of carbonyl (C=O) groups excluding carboxylic acids is 3. The lowest BCUT2D eigenvalue weighted by atomic mass is 9.96. The minimum absolute atomic E-state index is 0.0243. The van der Waals surface area contributed by atoms with Crippen LogP contribution in [0.5, 0.6) is 0 Å². The van der Waals surface area contributed by atoms with Crippen molar-refractivity contribution in [3.05, 3.63) is 65.9 Å². The van der Waals surface area contributed by atoms with Crippen molar-refractivity contribution in [3.63, 3.8) is 0 Å². The van der Waals surface area contributed by atoms with Gasteiger partial charge in [-0.1, -0.05) is 44.2 Å². The Hall–Kier alpha value is -3.78. The largest absolute Gasteiger partial charge is 0.381 e. The van der Waals surface area contributed by atoms with Crippen LogP contribution >= 0.6 is 0 Å². The number of rotatable bonds is 7. The van der Waals surface area contributed by atoms with Crippen LogP contribution in [0.15, 0.2) is 54.7 Å². The third-order valence-corrected chi connectivity index (χ3v) is 9.27. The van der Waals surface area contributed by atoms with Crippen molar-refractivity contribution >= 4 is 40.0 Å². The number of nitrogens with zero attached hydrogens (tertiary/aromatic N) is 3. The molecule has 3 aromatic rings. The van der Waals surface area contributed by atoms with Gasteiger partial charge < -0.3 is 19.9 Å². The van der Waals surface area contributed by atoms with Gasteiger partial charge in [0.25, 0.3) is 5.91 Å². The zero-order valence-electron chi connectivity index (χ0n) is 24.7. The van der Waals surface area contributed by atoms with E-state index in [2.05, 4.69) is 11.4 Å². The third-order valence-electron chi connectivity index (χ3n) is 9.27. The summed E-state index contributed by atoms with van der Waals surface area (Å²) in [6.45, 7) is 7.11. The van der Waals surface area contributed by atoms with Crippen molar-refractivity contribution in [3.8, 4) is 0 Å². The number of carbonyl (C=O) groups is 3. The molecule has 0 spiro atoms. The second-order valence-electron chi connectivity index (χ2n) is 12.0. The summed E-state index contributed by atoms with van der Waals surface area (Å²) >= 11 is 0. The lowest BCUT2D eigenvalue weighted by Gasteiger charge is -2.35. The van der Waals surface area contributed by atoms with Gasteiger partial charge in [0.1, 0.15) is 6.04 Å². The Morgan fingerprint density at radius 2 is 1.71 bits per heavy atom. The first-order chi connectivity index (χ1) is 20.4. The Bertz CT molecular complexity index is 1500. The highest BCUT2D eigenvalue weighted by molar-refractivity contribution is 6.09. The summed E-state index contributed by atoms with van der Waals surface area (Å²) in [6, 6.07) is 14.2. The molecule has 3 atom stereocenters. The van der Waals surface area contributed by atoms with E-state index in [1.807, 2.05) is 69.4 Å². The van der Waals surface area contributed by atoms with E-state index in [1.54, 1.807) is 9.80 Å². The van der Waals surface area contributed by atoms with Gasteiger partial charge in [-0.05, 0) is 74.3 Å². The summed E-state index contributed by atoms with van der Waals surface area (Å²) in [5.74, 6) is -0.442. The van der Waals surface area contributed by atoms with Crippen molar-refractivity contribution in [1.29, 1.82) is 0 Å². The van der Waals surface area contributed by atoms with E-state index in [4.69, 9.17) is 9.72 Å². The Labute approximate surface area is 247 Å². The average Bonchev–Trinajstić information content (AvgIpc) is 3.88. The van der Waals surface area contributed by atoms with Gasteiger partial charge in [0.05, 0.1) is 29.5 Å². The molecular formula is C34H40N4O4. The predicted molar refractivity (Wildman–Crippen MR) is 163 cm³/mol. The summed E-state index contributed by atoms with van der Waals surface area (Å²) in [4.78, 5) is 50.5. The van der Waals surface area contributed by atoms with E-state index in [0.717, 1.165) is 29.3 Å². The van der Waals surface area contributed by atoms with Gasteiger partial charge in [0.2, 0.25) is 11.8 Å². The molecule has 0 radical (unpaired) electrons. The molecule has 0 unspecified atom stereocenters. The van der Waals surface area contributed by atoms with Gasteiger partial charge in [-0.25, -0.2) is 0 Å². The Morgan fingerprint density at radius 1 is 1.02 bits per heavy atom. The molecule has 220 valence electrons. The molecule has 1 N–H and O–H groups in total. The fourth-order valence-corrected chi connectivity index (χ4v) is 6.34. The number of hydrogen-bond donors (Lipinski definition) is 1. The van der Waals surface area contributed by atoms with Crippen LogP contribution in [0.3, 0.4) is 0 Å². The van der Waals surface area contributed by atoms with Gasteiger partial charge in [-0.3, -0.25) is 19.4 Å². The molecule has 1 saturated heterocycles. The SMILES string of the molecule is CC[C@@H](C)C(=O)N[C@@H]1C(=O)N(Cc2c(C3CC3)cnc3ccccc23)c2ccccc2N(C(=O)C2CCOCC2)[C@H]1C. The summed E-state index contributed by atoms with van der Waals surface area (Å²) in [6.07, 6.45) is 6.11. The first-order valence-electron chi connectivity index (χ1n) is 15.4. The first-order valence-corrected chi connectivity index (χ1v) is 15.4. The van der Waals surface area contributed by atoms with Gasteiger partial charge >= 0.3 is 0 Å². The topological polar surface area (TPSA) is 91.8 Å². The fraction of sp³-hybridized carbons (Fsp3) is 0.471. The minimum atomic E-state index is -0.903. The minimum Gasteiger partial charge on any atom is -0.381 e. The van der Waals surface area contributed by atoms with Crippen LogP contribution in [-0.2, 0) is 25.7 Å². The monoisotopic (exact) mass is 568 g/mol. The molecule has 8 heteroatoms. The molecule has 2 fully saturated rings. The molecule has 0 bridgehead atoms. The van der Waals surface area contributed by atoms with Crippen LogP contribution in [-0.4, -0.2) is 48.0 Å². The van der Waals surface area contributed by atoms with Crippen LogP contribution in [0.2, 0.25) is 0 Å². The molecule has 2 aliphatic heterocycles. The van der Waals surface area contributed by atoms with E-state index >= 15 is 0 Å². The number of ether oxygens (including phenoxy) is 1. The molecule has 3 amide bonds. The maximum absolute atomic E-state index is 14.7. The lowest BCUT2D eigenvalue weighted by Crippen LogP contribution is -2.59. The zero-order valence-corrected chi connectivity index (χ0v) is 24.7. The van der Waals surface area contributed by atoms with Crippen molar-refractivity contribution in [2.45, 2.75) is 77.4 Å². The maximum atomic E-state index is 14.7. The number of aromatic nitrogens is 1. The van der Waals surface area contributed by atoms with E-state index in [-0.39, 0.29) is 29.6 Å². The summed E-state index contributed by atoms with van der Waals surface area (Å²) < 4.78 is 5.55. The highest BCUT2D eigenvalue weighted by atomic mass is 16.5. The van der Waals surface area contributed by atoms with Crippen LogP contribution in [0.4, 0.5) is 11.4 Å². The van der Waals surface area contributed by atoms with E-state index in [0.29, 0.717) is 56.3 Å². The highest BCUT2D eigenvalue weighted by Gasteiger charge is 2.44. The highest BCUT2D eigenvalue weighted by Crippen LogP contribution is 2.44. The molecule has 1 aliphatic carbocycles. The number of benzene rings is 2. The first kappa shape index (κ1) is 28.3. The molecule has 8 nitrogen and oxygen atoms in total. The molecule has 2 aromatic carbocycles. The van der Waals surface area contributed by atoms with Gasteiger partial charge in [-0.15, -0.1) is 0 Å². The number of fused-ring (bicyclic) bond motifs is 2. The smallest absolute Gasteiger partial charge is 0.252 e. The average molecular weight is 569 g/mol. The van der Waals surface area contributed by atoms with Crippen LogP contribution in [0, 0.1) is 11.8 Å². The number of para-hydroxylation sites is 3. The molecule has 3 heterocycles. The van der Waals surface area contributed by atoms with Crippen molar-refractivity contribution in [2.24, 2.45) is 11.8 Å². The summed E-state index contributed by atoms with van der Waals surface area (Å²) in [7, 11) is 0. The van der Waals surface area contributed by atoms with Crippen LogP contribution in [0.1, 0.15) is 69.9 Å². The van der Waals surface area contributed by atoms with E-state index < -0.39 is 12.1 Å². The van der Waals surface area contributed by atoms with Gasteiger partial charge in [0.15, 0.2) is 0 Å². The molecule has 1 aromatic heterocycles. The summed E-state index contributed by atoms with van der Waals surface area (Å²) in [5, 5.41) is 4.10. The summed E-state index contributed by atoms with van der Waals surface area (Å²) in [5.41, 5.74) is 4.51. The zero-order chi connectivity index (χ0) is 29.4. The Morgan fingerprint density at radius 3 is 2.43 bits per heavy atom. The molecule has 3 aliphatic rings. The van der Waals surface area contributed by atoms with E-state index in [9.17, 15) is 14.4 Å². The second kappa shape index (κ2) is 11.8. The van der Waals surface area contributed by atoms with Crippen molar-refractivity contribution in [1.82, 2.24) is 10.3 Å². The van der Waals surface area contributed by atoms with Crippen LogP contribution in [0.25, 0.3) is 10.9 Å². The van der Waals surface area contributed by atoms with Crippen LogP contribution < -0.4 is 15.1 Å². The fourth-order valence-electron chi connectivity index (χ4n) is 6.34. The molecular weight excluding hydrogens is 528 g/mol. The molecule has 6 rings (SSSR count). The molecule has 42 heavy (non-hydrogen) atoms. The Kier molecular flexibility index (Phi) is 7.99. The number of anilines is 2. The number of pyridine rings is 1. The Balaban J connectivity index is 1.48. The second-order valence-corrected chi connectivity index (χ2v) is 12.0. The van der Waals surface area contributed by atoms with Gasteiger partial charge in [0, 0.05) is 36.6 Å². The van der Waals surface area contributed by atoms with Crippen molar-refractivity contribution < 1.29 is 19.1 Å². The number of nitrogens with one attached hydrogen (secondary N) is 1. The predicted octanol–water partition coefficient (Wildman–Crippen LogP) is 5.34. The van der Waals surface area contributed by atoms with E-state index in [1.165, 1.54) is 5.56 Å². The number of amides is 3. The van der Waals surface area contributed by atoms with Crippen molar-refractivity contribution in [2.75, 3.05) is 23.0 Å². The third kappa shape index (κ3) is 5.28. The number of hydrogen-bond acceptors (Lipinski definition) is 5. The maximum Gasteiger partial charge on any atom is 0.252 e. The molecule has 1 saturated carbocycles. The standard InChI is InChI=1S/C34H40N4O4/c1-4-21(2)32(39)36-31-22(3)38(33(40)24-15-17-42-18-16-24)30-12-8-7-11-29(30)37(34(31)41)20-27-25-9-5-6-10-28(25)35-19-26(27)23-13-14-23/h5-12,19,21-24,31H,4,13-18,20H2,1-3H3,(H,36,39)/t21-,22+,31+/m1/s1.